The monoisotopic (exact) mass is 236 g/mol. The Morgan fingerprint density at radius 1 is 0.875 bits per heavy atom. The number of hydrogen-bond acceptors (Lipinski definition) is 5. The molecule has 0 radical (unpaired) electrons. The van der Waals surface area contributed by atoms with Crippen LogP contribution in [0.4, 0.5) is 0 Å². The van der Waals surface area contributed by atoms with Gasteiger partial charge in [-0.3, -0.25) is 0 Å². The number of rotatable bonds is 3. The van der Waals surface area contributed by atoms with Crippen molar-refractivity contribution in [3.05, 3.63) is 0 Å². The van der Waals surface area contributed by atoms with Gasteiger partial charge in [0.1, 0.15) is 0 Å². The molecule has 0 saturated heterocycles. The van der Waals surface area contributed by atoms with Crippen LogP contribution in [0.5, 0.6) is 0 Å². The Balaban J connectivity index is 0.000000281. The highest BCUT2D eigenvalue weighted by Gasteiger charge is 2.24. The summed E-state index contributed by atoms with van der Waals surface area (Å²) in [5, 5.41) is 43.3. The first-order valence-corrected chi connectivity index (χ1v) is 5.66. The van der Waals surface area contributed by atoms with Crippen LogP contribution < -0.4 is 0 Å². The Labute approximate surface area is 96.4 Å². The van der Waals surface area contributed by atoms with Crippen LogP contribution in [0.1, 0.15) is 39.0 Å². The van der Waals surface area contributed by atoms with E-state index in [0.29, 0.717) is 12.8 Å². The van der Waals surface area contributed by atoms with E-state index in [1.54, 1.807) is 6.92 Å². The molecule has 1 aliphatic rings. The van der Waals surface area contributed by atoms with Crippen molar-refractivity contribution < 1.29 is 25.5 Å². The molecule has 98 valence electrons. The van der Waals surface area contributed by atoms with Crippen LogP contribution in [0.2, 0.25) is 0 Å². The molecule has 5 heteroatoms. The van der Waals surface area contributed by atoms with E-state index in [2.05, 4.69) is 0 Å². The summed E-state index contributed by atoms with van der Waals surface area (Å²) in [6.07, 6.45) is 4.21. The molecule has 1 aliphatic carbocycles. The summed E-state index contributed by atoms with van der Waals surface area (Å²) in [4.78, 5) is 0. The maximum absolute atomic E-state index is 8.93. The maximum Gasteiger partial charge on any atom is 0.162 e. The van der Waals surface area contributed by atoms with Crippen molar-refractivity contribution in [1.82, 2.24) is 0 Å². The van der Waals surface area contributed by atoms with Crippen molar-refractivity contribution in [1.29, 1.82) is 0 Å². The van der Waals surface area contributed by atoms with Crippen LogP contribution in [0.15, 0.2) is 0 Å². The van der Waals surface area contributed by atoms with Crippen molar-refractivity contribution in [2.45, 2.75) is 44.8 Å². The van der Waals surface area contributed by atoms with Gasteiger partial charge in [-0.25, -0.2) is 0 Å². The van der Waals surface area contributed by atoms with E-state index in [-0.39, 0.29) is 19.8 Å². The van der Waals surface area contributed by atoms with Gasteiger partial charge >= 0.3 is 0 Å². The molecule has 0 aromatic rings. The van der Waals surface area contributed by atoms with Gasteiger partial charge < -0.3 is 25.5 Å². The second kappa shape index (κ2) is 7.19. The molecule has 5 nitrogen and oxygen atoms in total. The molecule has 0 aliphatic heterocycles. The van der Waals surface area contributed by atoms with Gasteiger partial charge in [0, 0.05) is 18.3 Å². The minimum atomic E-state index is -1.32. The normalized spacial score (nSPS) is 19.9. The highest BCUT2D eigenvalue weighted by molar-refractivity contribution is 4.69. The molecular weight excluding hydrogens is 212 g/mol. The summed E-state index contributed by atoms with van der Waals surface area (Å²) in [5.41, 5.74) is -0.708. The van der Waals surface area contributed by atoms with Crippen LogP contribution in [0.3, 0.4) is 0 Å². The van der Waals surface area contributed by atoms with E-state index in [0.717, 1.165) is 19.3 Å². The summed E-state index contributed by atoms with van der Waals surface area (Å²) >= 11 is 0. The average molecular weight is 236 g/mol. The first-order chi connectivity index (χ1) is 7.39. The number of hydrogen-bond donors (Lipinski definition) is 5. The fraction of sp³-hybridized carbons (Fsp3) is 1.00. The van der Waals surface area contributed by atoms with E-state index < -0.39 is 11.2 Å². The summed E-state index contributed by atoms with van der Waals surface area (Å²) in [6.45, 7) is 1.06. The molecule has 0 unspecified atom stereocenters. The van der Waals surface area contributed by atoms with Crippen molar-refractivity contribution in [2.75, 3.05) is 19.8 Å². The molecular formula is C11H24O5. The second-order valence-corrected chi connectivity index (χ2v) is 4.83. The zero-order valence-corrected chi connectivity index (χ0v) is 9.89. The van der Waals surface area contributed by atoms with E-state index in [1.165, 1.54) is 0 Å². The smallest absolute Gasteiger partial charge is 0.162 e. The Bertz CT molecular complexity index is 161. The van der Waals surface area contributed by atoms with E-state index in [4.69, 9.17) is 25.5 Å². The predicted octanol–water partition coefficient (Wildman–Crippen LogP) is -0.399. The first-order valence-electron chi connectivity index (χ1n) is 5.66. The average Bonchev–Trinajstić information content (AvgIpc) is 2.28. The van der Waals surface area contributed by atoms with Crippen LogP contribution >= 0.6 is 0 Å². The Hall–Kier alpha value is -0.200. The van der Waals surface area contributed by atoms with Gasteiger partial charge in [-0.1, -0.05) is 13.3 Å². The third-order valence-electron chi connectivity index (χ3n) is 2.80. The SMILES string of the molecule is CC(CO)(CO)CO.OC1(O)CCCCC1. The fourth-order valence-electron chi connectivity index (χ4n) is 1.27. The fourth-order valence-corrected chi connectivity index (χ4v) is 1.27. The number of aliphatic hydroxyl groups excluding tert-OH is 3. The second-order valence-electron chi connectivity index (χ2n) is 4.83. The number of aliphatic hydroxyl groups is 5. The standard InChI is InChI=1S/C6H12O2.C5H12O3/c7-6(8)4-2-1-3-5-6;1-5(2-6,3-7)4-8/h7-8H,1-5H2;6-8H,2-4H2,1H3. The van der Waals surface area contributed by atoms with Crippen LogP contribution in [-0.2, 0) is 0 Å². The summed E-state index contributed by atoms with van der Waals surface area (Å²) in [7, 11) is 0. The first kappa shape index (κ1) is 15.8. The molecule has 0 aromatic carbocycles. The van der Waals surface area contributed by atoms with Crippen LogP contribution in [0.25, 0.3) is 0 Å². The van der Waals surface area contributed by atoms with Crippen molar-refractivity contribution in [3.8, 4) is 0 Å². The van der Waals surface area contributed by atoms with E-state index in [9.17, 15) is 0 Å². The third-order valence-corrected chi connectivity index (χ3v) is 2.80. The molecule has 1 saturated carbocycles. The Morgan fingerprint density at radius 3 is 1.38 bits per heavy atom. The lowest BCUT2D eigenvalue weighted by Crippen LogP contribution is -2.30. The topological polar surface area (TPSA) is 101 Å². The zero-order chi connectivity index (χ0) is 12.7. The molecule has 1 rings (SSSR count). The lowest BCUT2D eigenvalue weighted by molar-refractivity contribution is -0.180. The van der Waals surface area contributed by atoms with Gasteiger partial charge in [0.15, 0.2) is 5.79 Å². The molecule has 0 amide bonds. The molecule has 0 atom stereocenters. The predicted molar refractivity (Wildman–Crippen MR) is 59.6 cm³/mol. The van der Waals surface area contributed by atoms with Gasteiger partial charge in [0.25, 0.3) is 0 Å². The van der Waals surface area contributed by atoms with Crippen molar-refractivity contribution in [3.63, 3.8) is 0 Å². The Morgan fingerprint density at radius 2 is 1.25 bits per heavy atom. The Kier molecular flexibility index (Phi) is 7.10. The highest BCUT2D eigenvalue weighted by Crippen LogP contribution is 2.24. The highest BCUT2D eigenvalue weighted by atomic mass is 16.5. The quantitative estimate of drug-likeness (QED) is 0.429. The van der Waals surface area contributed by atoms with E-state index in [1.807, 2.05) is 0 Å². The van der Waals surface area contributed by atoms with Crippen LogP contribution in [-0.4, -0.2) is 51.1 Å². The molecule has 0 spiro atoms. The molecule has 5 N–H and O–H groups in total. The minimum Gasteiger partial charge on any atom is -0.396 e. The largest absolute Gasteiger partial charge is 0.396 e. The summed E-state index contributed by atoms with van der Waals surface area (Å²) < 4.78 is 0. The van der Waals surface area contributed by atoms with Gasteiger partial charge in [-0.15, -0.1) is 0 Å². The minimum absolute atomic E-state index is 0.181. The maximum atomic E-state index is 8.93. The lowest BCUT2D eigenvalue weighted by Gasteiger charge is -2.25. The third kappa shape index (κ3) is 6.40. The van der Waals surface area contributed by atoms with Crippen molar-refractivity contribution >= 4 is 0 Å². The van der Waals surface area contributed by atoms with Gasteiger partial charge in [0.05, 0.1) is 19.8 Å². The van der Waals surface area contributed by atoms with Gasteiger partial charge in [-0.05, 0) is 12.8 Å². The molecule has 0 heterocycles. The summed E-state index contributed by atoms with van der Waals surface area (Å²) in [5.74, 6) is -1.32. The molecule has 0 bridgehead atoms. The molecule has 16 heavy (non-hydrogen) atoms. The van der Waals surface area contributed by atoms with Crippen LogP contribution in [0, 0.1) is 5.41 Å². The van der Waals surface area contributed by atoms with Gasteiger partial charge in [0.2, 0.25) is 0 Å². The zero-order valence-electron chi connectivity index (χ0n) is 9.89. The molecule has 0 aromatic heterocycles. The van der Waals surface area contributed by atoms with Gasteiger partial charge in [-0.2, -0.15) is 0 Å². The molecule has 1 fully saturated rings. The summed E-state index contributed by atoms with van der Waals surface area (Å²) in [6, 6.07) is 0. The van der Waals surface area contributed by atoms with Crippen molar-refractivity contribution in [2.24, 2.45) is 5.41 Å². The van der Waals surface area contributed by atoms with E-state index >= 15 is 0 Å². The lowest BCUT2D eigenvalue weighted by atomic mass is 9.95.